The van der Waals surface area contributed by atoms with Gasteiger partial charge in [0.2, 0.25) is 5.23 Å². The number of nitrogens with zero attached hydrogens (tertiary/aromatic N) is 1. The standard InChI is InChI=1S/C21H25NO3S/c23-19(17-4-2-1-3-5-17)24-12-18-13-26-20(25-18)22-21-9-14-6-15(10-21)8-16(7-14)11-21/h1-5,14-16,18H,6-13H2/t14?,15?,16?,18-,21?/m0/s1. The Morgan fingerprint density at radius 2 is 1.77 bits per heavy atom. The first-order chi connectivity index (χ1) is 12.7. The minimum atomic E-state index is -0.286. The van der Waals surface area contributed by atoms with E-state index in [0.29, 0.717) is 12.2 Å². The molecule has 1 aromatic rings. The minimum absolute atomic E-state index is 0.0830. The van der Waals surface area contributed by atoms with E-state index in [1.165, 1.54) is 38.5 Å². The Balaban J connectivity index is 1.19. The van der Waals surface area contributed by atoms with Crippen molar-refractivity contribution in [2.24, 2.45) is 22.7 Å². The molecule has 26 heavy (non-hydrogen) atoms. The largest absolute Gasteiger partial charge is 0.465 e. The van der Waals surface area contributed by atoms with Gasteiger partial charge in [0, 0.05) is 5.75 Å². The van der Waals surface area contributed by atoms with Crippen molar-refractivity contribution >= 4 is 23.0 Å². The van der Waals surface area contributed by atoms with Crippen molar-refractivity contribution < 1.29 is 14.3 Å². The van der Waals surface area contributed by atoms with E-state index in [-0.39, 0.29) is 17.6 Å². The molecule has 0 N–H and O–H groups in total. The van der Waals surface area contributed by atoms with Crippen LogP contribution in [0.1, 0.15) is 48.9 Å². The molecule has 4 nitrogen and oxygen atoms in total. The van der Waals surface area contributed by atoms with Gasteiger partial charge >= 0.3 is 5.97 Å². The molecular weight excluding hydrogens is 346 g/mol. The van der Waals surface area contributed by atoms with Crippen LogP contribution in [0.15, 0.2) is 35.3 Å². The molecule has 138 valence electrons. The summed E-state index contributed by atoms with van der Waals surface area (Å²) < 4.78 is 11.4. The summed E-state index contributed by atoms with van der Waals surface area (Å²) >= 11 is 1.68. The van der Waals surface area contributed by atoms with Gasteiger partial charge in [-0.3, -0.25) is 0 Å². The number of rotatable bonds is 4. The second-order valence-electron chi connectivity index (χ2n) is 8.53. The van der Waals surface area contributed by atoms with Gasteiger partial charge in [0.05, 0.1) is 11.1 Å². The first-order valence-electron chi connectivity index (χ1n) is 9.79. The maximum Gasteiger partial charge on any atom is 0.338 e. The summed E-state index contributed by atoms with van der Waals surface area (Å²) in [5.74, 6) is 3.19. The Kier molecular flexibility index (Phi) is 4.23. The van der Waals surface area contributed by atoms with E-state index >= 15 is 0 Å². The summed E-state index contributed by atoms with van der Waals surface area (Å²) in [5.41, 5.74) is 0.729. The van der Waals surface area contributed by atoms with E-state index in [4.69, 9.17) is 14.5 Å². The van der Waals surface area contributed by atoms with Crippen LogP contribution in [0.25, 0.3) is 0 Å². The van der Waals surface area contributed by atoms with Gasteiger partial charge in [-0.25, -0.2) is 9.79 Å². The van der Waals surface area contributed by atoms with Gasteiger partial charge in [-0.1, -0.05) is 30.0 Å². The normalized spacial score (nSPS) is 39.2. The number of carbonyl (C=O) groups excluding carboxylic acids is 1. The third-order valence-corrected chi connectivity index (χ3v) is 7.38. The average molecular weight is 372 g/mol. The number of esters is 1. The molecule has 4 saturated carbocycles. The molecule has 0 radical (unpaired) electrons. The average Bonchev–Trinajstić information content (AvgIpc) is 3.06. The van der Waals surface area contributed by atoms with Crippen molar-refractivity contribution in [1.29, 1.82) is 0 Å². The van der Waals surface area contributed by atoms with E-state index < -0.39 is 0 Å². The molecule has 5 aliphatic rings. The fourth-order valence-corrected chi connectivity index (χ4v) is 6.69. The van der Waals surface area contributed by atoms with Gasteiger partial charge in [-0.05, 0) is 68.4 Å². The highest BCUT2D eigenvalue weighted by Gasteiger charge is 2.51. The van der Waals surface area contributed by atoms with Crippen molar-refractivity contribution in [2.75, 3.05) is 12.4 Å². The lowest BCUT2D eigenvalue weighted by molar-refractivity contribution is -0.0000971. The SMILES string of the molecule is O=C(OC[C@H]1CSC(=NC23CC4CC(CC(C4)C2)C3)O1)c1ccccc1. The van der Waals surface area contributed by atoms with E-state index in [1.54, 1.807) is 23.9 Å². The van der Waals surface area contributed by atoms with Gasteiger partial charge in [-0.15, -0.1) is 0 Å². The van der Waals surface area contributed by atoms with Crippen molar-refractivity contribution in [3.8, 4) is 0 Å². The first-order valence-corrected chi connectivity index (χ1v) is 10.8. The predicted molar refractivity (Wildman–Crippen MR) is 102 cm³/mol. The van der Waals surface area contributed by atoms with Crippen molar-refractivity contribution in [2.45, 2.75) is 50.2 Å². The fourth-order valence-electron chi connectivity index (χ4n) is 5.74. The van der Waals surface area contributed by atoms with E-state index in [2.05, 4.69) is 0 Å². The summed E-state index contributed by atoms with van der Waals surface area (Å²) in [6.45, 7) is 0.292. The molecule has 5 heteroatoms. The van der Waals surface area contributed by atoms with Gasteiger partial charge in [0.1, 0.15) is 12.7 Å². The molecule has 4 aliphatic carbocycles. The molecule has 1 aliphatic heterocycles. The van der Waals surface area contributed by atoms with Crippen LogP contribution in [0.4, 0.5) is 0 Å². The van der Waals surface area contributed by atoms with Crippen molar-refractivity contribution in [3.05, 3.63) is 35.9 Å². The molecule has 0 unspecified atom stereocenters. The molecule has 1 aromatic carbocycles. The smallest absolute Gasteiger partial charge is 0.338 e. The fraction of sp³-hybridized carbons (Fsp3) is 0.619. The molecular formula is C21H25NO3S. The Hall–Kier alpha value is -1.49. The zero-order valence-corrected chi connectivity index (χ0v) is 15.7. The Labute approximate surface area is 158 Å². The Morgan fingerprint density at radius 1 is 1.12 bits per heavy atom. The van der Waals surface area contributed by atoms with Crippen LogP contribution in [0.3, 0.4) is 0 Å². The topological polar surface area (TPSA) is 47.9 Å². The quantitative estimate of drug-likeness (QED) is 0.741. The van der Waals surface area contributed by atoms with Gasteiger partial charge in [-0.2, -0.15) is 0 Å². The molecule has 0 amide bonds. The van der Waals surface area contributed by atoms with Gasteiger partial charge in [0.15, 0.2) is 0 Å². The van der Waals surface area contributed by atoms with Crippen LogP contribution >= 0.6 is 11.8 Å². The summed E-state index contributed by atoms with van der Waals surface area (Å²) in [4.78, 5) is 17.2. The van der Waals surface area contributed by atoms with E-state index in [9.17, 15) is 4.79 Å². The lowest BCUT2D eigenvalue weighted by Crippen LogP contribution is -2.49. The van der Waals surface area contributed by atoms with Gasteiger partial charge in [0.25, 0.3) is 0 Å². The number of ether oxygens (including phenoxy) is 2. The van der Waals surface area contributed by atoms with Crippen molar-refractivity contribution in [1.82, 2.24) is 0 Å². The second kappa shape index (κ2) is 6.59. The summed E-state index contributed by atoms with van der Waals surface area (Å²) in [6.07, 6.45) is 7.95. The summed E-state index contributed by atoms with van der Waals surface area (Å²) in [6, 6.07) is 9.11. The number of thioether (sulfide) groups is 1. The van der Waals surface area contributed by atoms with E-state index in [1.807, 2.05) is 18.2 Å². The first kappa shape index (κ1) is 16.7. The number of aliphatic imine (C=N–C) groups is 1. The van der Waals surface area contributed by atoms with Crippen molar-refractivity contribution in [3.63, 3.8) is 0 Å². The third-order valence-electron chi connectivity index (χ3n) is 6.40. The van der Waals surface area contributed by atoms with Crippen LogP contribution in [0.5, 0.6) is 0 Å². The molecule has 6 rings (SSSR count). The lowest BCUT2D eigenvalue weighted by atomic mass is 9.53. The summed E-state index contributed by atoms with van der Waals surface area (Å²) in [5, 5.41) is 0.827. The van der Waals surface area contributed by atoms with Crippen LogP contribution in [0, 0.1) is 17.8 Å². The number of benzene rings is 1. The lowest BCUT2D eigenvalue weighted by Gasteiger charge is -2.54. The molecule has 0 spiro atoms. The molecule has 1 saturated heterocycles. The number of carbonyl (C=O) groups is 1. The maximum atomic E-state index is 12.1. The Bertz CT molecular complexity index is 682. The number of hydrogen-bond donors (Lipinski definition) is 0. The second-order valence-corrected chi connectivity index (χ2v) is 9.51. The third kappa shape index (κ3) is 3.26. The summed E-state index contributed by atoms with van der Waals surface area (Å²) in [7, 11) is 0. The highest BCUT2D eigenvalue weighted by Crippen LogP contribution is 2.57. The molecule has 1 atom stereocenters. The molecule has 4 bridgehead atoms. The highest BCUT2D eigenvalue weighted by molar-refractivity contribution is 8.13. The molecule has 1 heterocycles. The minimum Gasteiger partial charge on any atom is -0.465 e. The van der Waals surface area contributed by atoms with Crippen LogP contribution in [-0.4, -0.2) is 35.2 Å². The zero-order valence-electron chi connectivity index (χ0n) is 14.9. The van der Waals surface area contributed by atoms with Crippen LogP contribution < -0.4 is 0 Å². The highest BCUT2D eigenvalue weighted by atomic mass is 32.2. The van der Waals surface area contributed by atoms with Crippen LogP contribution in [-0.2, 0) is 9.47 Å². The Morgan fingerprint density at radius 3 is 2.42 bits per heavy atom. The van der Waals surface area contributed by atoms with E-state index in [0.717, 1.165) is 28.7 Å². The van der Waals surface area contributed by atoms with Crippen LogP contribution in [0.2, 0.25) is 0 Å². The molecule has 0 aromatic heterocycles. The maximum absolute atomic E-state index is 12.1. The predicted octanol–water partition coefficient (Wildman–Crippen LogP) is 4.30. The number of hydrogen-bond acceptors (Lipinski definition) is 5. The van der Waals surface area contributed by atoms with Gasteiger partial charge < -0.3 is 9.47 Å². The zero-order chi connectivity index (χ0) is 17.6. The molecule has 5 fully saturated rings. The monoisotopic (exact) mass is 371 g/mol.